The Morgan fingerprint density at radius 1 is 0.920 bits per heavy atom. The van der Waals surface area contributed by atoms with Gasteiger partial charge in [0.2, 0.25) is 0 Å². The standard InChI is InChI=1S/C22H32N2O/c1-4-6-7-8-9-10-20-15-24-22(16-23-20)19-11-13-21(14-12-19)25-17-18(3)5-2/h11-16,18H,4-10,17H2,1-3H3/t18-/m0/s1. The molecule has 1 aromatic heterocycles. The minimum Gasteiger partial charge on any atom is -0.493 e. The normalized spacial score (nSPS) is 12.1. The topological polar surface area (TPSA) is 35.0 Å². The molecule has 1 heterocycles. The summed E-state index contributed by atoms with van der Waals surface area (Å²) in [6.45, 7) is 7.40. The van der Waals surface area contributed by atoms with Gasteiger partial charge >= 0.3 is 0 Å². The van der Waals surface area contributed by atoms with Crippen molar-refractivity contribution in [3.8, 4) is 17.0 Å². The third-order valence-corrected chi connectivity index (χ3v) is 4.62. The molecule has 0 bridgehead atoms. The molecule has 136 valence electrons. The first-order valence-electron chi connectivity index (χ1n) is 9.77. The number of aromatic nitrogens is 2. The summed E-state index contributed by atoms with van der Waals surface area (Å²) in [4.78, 5) is 9.15. The lowest BCUT2D eigenvalue weighted by atomic mass is 10.1. The fourth-order valence-corrected chi connectivity index (χ4v) is 2.62. The average molecular weight is 341 g/mol. The number of unbranched alkanes of at least 4 members (excludes halogenated alkanes) is 4. The van der Waals surface area contributed by atoms with Crippen molar-refractivity contribution < 1.29 is 4.74 Å². The minimum atomic E-state index is 0.583. The van der Waals surface area contributed by atoms with Crippen LogP contribution >= 0.6 is 0 Å². The fourth-order valence-electron chi connectivity index (χ4n) is 2.62. The van der Waals surface area contributed by atoms with Gasteiger partial charge in [-0.3, -0.25) is 9.97 Å². The van der Waals surface area contributed by atoms with E-state index in [0.717, 1.165) is 42.1 Å². The molecule has 3 heteroatoms. The molecule has 0 saturated carbocycles. The molecule has 25 heavy (non-hydrogen) atoms. The van der Waals surface area contributed by atoms with E-state index in [-0.39, 0.29) is 0 Å². The van der Waals surface area contributed by atoms with Gasteiger partial charge in [0.05, 0.1) is 24.2 Å². The van der Waals surface area contributed by atoms with Gasteiger partial charge in [-0.25, -0.2) is 0 Å². The highest BCUT2D eigenvalue weighted by Crippen LogP contribution is 2.21. The van der Waals surface area contributed by atoms with E-state index in [9.17, 15) is 0 Å². The highest BCUT2D eigenvalue weighted by atomic mass is 16.5. The minimum absolute atomic E-state index is 0.583. The second kappa shape index (κ2) is 10.9. The molecule has 0 spiro atoms. The summed E-state index contributed by atoms with van der Waals surface area (Å²) >= 11 is 0. The van der Waals surface area contributed by atoms with E-state index in [4.69, 9.17) is 4.74 Å². The van der Waals surface area contributed by atoms with E-state index in [2.05, 4.69) is 42.9 Å². The van der Waals surface area contributed by atoms with Gasteiger partial charge in [-0.15, -0.1) is 0 Å². The van der Waals surface area contributed by atoms with Crippen molar-refractivity contribution in [1.29, 1.82) is 0 Å². The van der Waals surface area contributed by atoms with Crippen LogP contribution in [0.15, 0.2) is 36.7 Å². The number of hydrogen-bond donors (Lipinski definition) is 0. The van der Waals surface area contributed by atoms with Crippen LogP contribution in [0.2, 0.25) is 0 Å². The molecule has 2 aromatic rings. The second-order valence-electron chi connectivity index (χ2n) is 6.91. The van der Waals surface area contributed by atoms with E-state index >= 15 is 0 Å². The van der Waals surface area contributed by atoms with Crippen LogP contribution in [0, 0.1) is 5.92 Å². The zero-order valence-electron chi connectivity index (χ0n) is 16.0. The Morgan fingerprint density at radius 3 is 2.32 bits per heavy atom. The van der Waals surface area contributed by atoms with Crippen LogP contribution in [-0.4, -0.2) is 16.6 Å². The fraction of sp³-hybridized carbons (Fsp3) is 0.545. The number of hydrogen-bond acceptors (Lipinski definition) is 3. The second-order valence-corrected chi connectivity index (χ2v) is 6.91. The lowest BCUT2D eigenvalue weighted by Gasteiger charge is -2.11. The van der Waals surface area contributed by atoms with Gasteiger partial charge in [-0.1, -0.05) is 52.9 Å². The van der Waals surface area contributed by atoms with Crippen molar-refractivity contribution in [3.63, 3.8) is 0 Å². The van der Waals surface area contributed by atoms with Gasteiger partial charge in [0.25, 0.3) is 0 Å². The Kier molecular flexibility index (Phi) is 8.44. The first kappa shape index (κ1) is 19.4. The first-order chi connectivity index (χ1) is 12.2. The van der Waals surface area contributed by atoms with Gasteiger partial charge < -0.3 is 4.74 Å². The van der Waals surface area contributed by atoms with E-state index in [0.29, 0.717) is 5.92 Å². The van der Waals surface area contributed by atoms with Crippen molar-refractivity contribution >= 4 is 0 Å². The quantitative estimate of drug-likeness (QED) is 0.465. The third kappa shape index (κ3) is 6.85. The van der Waals surface area contributed by atoms with Crippen LogP contribution < -0.4 is 4.74 Å². The molecule has 1 aromatic carbocycles. The number of ether oxygens (including phenoxy) is 1. The number of rotatable bonds is 11. The molecule has 0 aliphatic heterocycles. The van der Waals surface area contributed by atoms with Crippen LogP contribution in [0.25, 0.3) is 11.3 Å². The van der Waals surface area contributed by atoms with Crippen molar-refractivity contribution in [1.82, 2.24) is 9.97 Å². The van der Waals surface area contributed by atoms with Crippen LogP contribution in [0.3, 0.4) is 0 Å². The maximum Gasteiger partial charge on any atom is 0.119 e. The Bertz CT molecular complexity index is 592. The third-order valence-electron chi connectivity index (χ3n) is 4.62. The molecule has 0 saturated heterocycles. The Morgan fingerprint density at radius 2 is 1.68 bits per heavy atom. The van der Waals surface area contributed by atoms with E-state index in [1.165, 1.54) is 32.1 Å². The largest absolute Gasteiger partial charge is 0.493 e. The van der Waals surface area contributed by atoms with Gasteiger partial charge in [-0.05, 0) is 43.0 Å². The maximum atomic E-state index is 5.80. The molecule has 2 rings (SSSR count). The lowest BCUT2D eigenvalue weighted by molar-refractivity contribution is 0.256. The predicted octanol–water partition coefficient (Wildman–Crippen LogP) is 6.08. The van der Waals surface area contributed by atoms with Crippen molar-refractivity contribution in [3.05, 3.63) is 42.4 Å². The summed E-state index contributed by atoms with van der Waals surface area (Å²) in [7, 11) is 0. The summed E-state index contributed by atoms with van der Waals surface area (Å²) in [6.07, 6.45) is 12.4. The SMILES string of the molecule is CCCCCCCc1cnc(-c2ccc(OC[C@@H](C)CC)cc2)cn1. The molecule has 0 unspecified atom stereocenters. The van der Waals surface area contributed by atoms with E-state index in [1.807, 2.05) is 24.5 Å². The molecular weight excluding hydrogens is 308 g/mol. The lowest BCUT2D eigenvalue weighted by Crippen LogP contribution is -2.07. The highest BCUT2D eigenvalue weighted by molar-refractivity contribution is 5.58. The number of nitrogens with zero attached hydrogens (tertiary/aromatic N) is 2. The maximum absolute atomic E-state index is 5.80. The summed E-state index contributed by atoms with van der Waals surface area (Å²) in [6, 6.07) is 8.14. The Labute approximate surface area is 152 Å². The summed E-state index contributed by atoms with van der Waals surface area (Å²) in [5.74, 6) is 1.50. The van der Waals surface area contributed by atoms with Gasteiger partial charge in [0, 0.05) is 11.8 Å². The van der Waals surface area contributed by atoms with Gasteiger partial charge in [0.15, 0.2) is 0 Å². The molecule has 3 nitrogen and oxygen atoms in total. The van der Waals surface area contributed by atoms with Crippen LogP contribution in [-0.2, 0) is 6.42 Å². The first-order valence-corrected chi connectivity index (χ1v) is 9.77. The van der Waals surface area contributed by atoms with E-state index in [1.54, 1.807) is 0 Å². The molecule has 0 aliphatic rings. The summed E-state index contributed by atoms with van der Waals surface area (Å²) in [5.41, 5.74) is 3.09. The molecular formula is C22H32N2O. The van der Waals surface area contributed by atoms with E-state index < -0.39 is 0 Å². The Hall–Kier alpha value is -1.90. The number of aryl methyl sites for hydroxylation is 1. The van der Waals surface area contributed by atoms with Crippen molar-refractivity contribution in [2.45, 2.75) is 65.7 Å². The highest BCUT2D eigenvalue weighted by Gasteiger charge is 2.04. The smallest absolute Gasteiger partial charge is 0.119 e. The van der Waals surface area contributed by atoms with Gasteiger partial charge in [-0.2, -0.15) is 0 Å². The molecule has 0 N–H and O–H groups in total. The molecule has 1 atom stereocenters. The average Bonchev–Trinajstić information content (AvgIpc) is 2.67. The van der Waals surface area contributed by atoms with Crippen LogP contribution in [0.4, 0.5) is 0 Å². The van der Waals surface area contributed by atoms with Crippen LogP contribution in [0.5, 0.6) is 5.75 Å². The summed E-state index contributed by atoms with van der Waals surface area (Å²) < 4.78 is 5.80. The monoisotopic (exact) mass is 340 g/mol. The summed E-state index contributed by atoms with van der Waals surface area (Å²) in [5, 5.41) is 0. The Balaban J connectivity index is 1.84. The van der Waals surface area contributed by atoms with Gasteiger partial charge in [0.1, 0.15) is 5.75 Å². The zero-order valence-corrected chi connectivity index (χ0v) is 16.0. The molecule has 0 fully saturated rings. The van der Waals surface area contributed by atoms with Crippen molar-refractivity contribution in [2.24, 2.45) is 5.92 Å². The van der Waals surface area contributed by atoms with Crippen molar-refractivity contribution in [2.75, 3.05) is 6.61 Å². The zero-order chi connectivity index (χ0) is 17.9. The van der Waals surface area contributed by atoms with Crippen LogP contribution in [0.1, 0.15) is 65.0 Å². The number of benzene rings is 1. The molecule has 0 aliphatic carbocycles. The predicted molar refractivity (Wildman–Crippen MR) is 105 cm³/mol. The molecule has 0 amide bonds. The molecule has 0 radical (unpaired) electrons.